The lowest BCUT2D eigenvalue weighted by Crippen LogP contribution is -2.60. The molecule has 390 valence electrons. The van der Waals surface area contributed by atoms with Crippen LogP contribution in [0, 0.1) is 0 Å². The normalized spacial score (nSPS) is 20.4. The van der Waals surface area contributed by atoms with Crippen molar-refractivity contribution in [1.82, 2.24) is 5.32 Å². The van der Waals surface area contributed by atoms with E-state index in [1.807, 2.05) is 6.08 Å². The molecule has 1 amide bonds. The van der Waals surface area contributed by atoms with Crippen molar-refractivity contribution in [2.45, 2.75) is 313 Å². The maximum absolute atomic E-state index is 13.1. The Morgan fingerprint density at radius 3 is 1.32 bits per heavy atom. The first-order chi connectivity index (χ1) is 32.3. The van der Waals surface area contributed by atoms with Crippen molar-refractivity contribution < 1.29 is 44.9 Å². The number of allylic oxidation sites excluding steroid dienone is 3. The Morgan fingerprint density at radius 2 is 0.894 bits per heavy atom. The molecule has 1 heterocycles. The molecule has 66 heavy (non-hydrogen) atoms. The van der Waals surface area contributed by atoms with Gasteiger partial charge in [0.25, 0.3) is 0 Å². The van der Waals surface area contributed by atoms with Crippen LogP contribution in [0.5, 0.6) is 0 Å². The van der Waals surface area contributed by atoms with Gasteiger partial charge in [-0.3, -0.25) is 4.79 Å². The first-order valence-electron chi connectivity index (χ1n) is 28.2. The summed E-state index contributed by atoms with van der Waals surface area (Å²) in [7, 11) is 0. The number of amides is 1. The first kappa shape index (κ1) is 62.6. The highest BCUT2D eigenvalue weighted by atomic mass is 16.7. The number of carbonyl (C=O) groups is 1. The number of hydrogen-bond acceptors (Lipinski definition) is 9. The minimum atomic E-state index is -1.61. The van der Waals surface area contributed by atoms with Gasteiger partial charge in [0.15, 0.2) is 6.29 Å². The average molecular weight is 938 g/mol. The quantitative estimate of drug-likeness (QED) is 0.0232. The molecule has 1 aliphatic rings. The molecular weight excluding hydrogens is 831 g/mol. The number of ether oxygens (including phenoxy) is 2. The fourth-order valence-electron chi connectivity index (χ4n) is 9.06. The van der Waals surface area contributed by atoms with Crippen molar-refractivity contribution in [2.24, 2.45) is 0 Å². The van der Waals surface area contributed by atoms with Crippen LogP contribution in [0.3, 0.4) is 0 Å². The summed E-state index contributed by atoms with van der Waals surface area (Å²) in [5.41, 5.74) is 0. The number of rotatable bonds is 48. The SMILES string of the molecule is CCCCCCCCCCC/C=C/CC/C=C/C(O)C(COC1OC(CO)C(O)C(O)C1O)NC(=O)C(O)CCCCCCCCCCCCCCCCCCCCCCCCCCCC. The third-order valence-corrected chi connectivity index (χ3v) is 13.6. The molecule has 0 aromatic heterocycles. The summed E-state index contributed by atoms with van der Waals surface area (Å²) in [6.07, 6.45) is 47.2. The van der Waals surface area contributed by atoms with Crippen LogP contribution in [-0.2, 0) is 14.3 Å². The van der Waals surface area contributed by atoms with Gasteiger partial charge >= 0.3 is 0 Å². The van der Waals surface area contributed by atoms with Gasteiger partial charge in [-0.15, -0.1) is 0 Å². The standard InChI is InChI=1S/C56H107NO9/c1-3-5-7-9-11-13-15-17-19-20-21-22-23-24-25-26-27-28-29-31-33-35-37-39-41-43-45-50(60)55(64)57-48(47-65-56-54(63)53(62)52(61)51(46-58)66-56)49(59)44-42-40-38-36-34-32-30-18-16-14-12-10-8-6-4-2/h34,36,42,44,48-54,56,58-63H,3-33,35,37-41,43,45-47H2,1-2H3,(H,57,64)/b36-34+,44-42+. The van der Waals surface area contributed by atoms with Crippen molar-refractivity contribution in [1.29, 1.82) is 0 Å². The molecule has 0 radical (unpaired) electrons. The molecule has 8 atom stereocenters. The summed E-state index contributed by atoms with van der Waals surface area (Å²) in [6.45, 7) is 3.62. The predicted octanol–water partition coefficient (Wildman–Crippen LogP) is 12.4. The van der Waals surface area contributed by atoms with Gasteiger partial charge in [0.05, 0.1) is 25.4 Å². The molecule has 10 nitrogen and oxygen atoms in total. The van der Waals surface area contributed by atoms with Crippen molar-refractivity contribution in [3.8, 4) is 0 Å². The second-order valence-electron chi connectivity index (χ2n) is 19.9. The first-order valence-corrected chi connectivity index (χ1v) is 28.2. The van der Waals surface area contributed by atoms with Crippen LogP contribution in [0.1, 0.15) is 264 Å². The Bertz CT molecular complexity index is 1110. The number of aliphatic hydroxyl groups excluding tert-OH is 6. The Morgan fingerprint density at radius 1 is 0.515 bits per heavy atom. The molecule has 8 unspecified atom stereocenters. The molecule has 0 saturated carbocycles. The average Bonchev–Trinajstić information content (AvgIpc) is 3.32. The largest absolute Gasteiger partial charge is 0.394 e. The maximum atomic E-state index is 13.1. The van der Waals surface area contributed by atoms with Gasteiger partial charge in [-0.25, -0.2) is 0 Å². The van der Waals surface area contributed by atoms with E-state index in [2.05, 4.69) is 31.3 Å². The van der Waals surface area contributed by atoms with E-state index in [0.29, 0.717) is 12.8 Å². The minimum Gasteiger partial charge on any atom is -0.394 e. The van der Waals surface area contributed by atoms with Crippen LogP contribution in [0.4, 0.5) is 0 Å². The van der Waals surface area contributed by atoms with Crippen LogP contribution in [0.2, 0.25) is 0 Å². The lowest BCUT2D eigenvalue weighted by atomic mass is 9.99. The van der Waals surface area contributed by atoms with Gasteiger partial charge in [0.2, 0.25) is 5.91 Å². The minimum absolute atomic E-state index is 0.308. The fourth-order valence-corrected chi connectivity index (χ4v) is 9.06. The topological polar surface area (TPSA) is 169 Å². The highest BCUT2D eigenvalue weighted by Gasteiger charge is 2.44. The second-order valence-corrected chi connectivity index (χ2v) is 19.9. The van der Waals surface area contributed by atoms with E-state index in [0.717, 1.165) is 38.5 Å². The Hall–Kier alpha value is -1.37. The molecule has 1 rings (SSSR count). The monoisotopic (exact) mass is 938 g/mol. The molecule has 0 aliphatic carbocycles. The van der Waals surface area contributed by atoms with Crippen molar-refractivity contribution in [3.63, 3.8) is 0 Å². The fraction of sp³-hybridized carbons (Fsp3) is 0.911. The Kier molecular flexibility index (Phi) is 43.7. The Balaban J connectivity index is 2.25. The third kappa shape index (κ3) is 34.8. The molecule has 0 aromatic rings. The molecule has 0 aromatic carbocycles. The number of hydrogen-bond donors (Lipinski definition) is 7. The summed E-state index contributed by atoms with van der Waals surface area (Å²) in [5, 5.41) is 64.9. The summed E-state index contributed by atoms with van der Waals surface area (Å²) >= 11 is 0. The van der Waals surface area contributed by atoms with Gasteiger partial charge in [0, 0.05) is 0 Å². The Labute approximate surface area is 405 Å². The van der Waals surface area contributed by atoms with E-state index in [4.69, 9.17) is 9.47 Å². The molecule has 1 aliphatic heterocycles. The molecule has 0 spiro atoms. The van der Waals surface area contributed by atoms with Gasteiger partial charge in [-0.2, -0.15) is 0 Å². The van der Waals surface area contributed by atoms with Gasteiger partial charge in [-0.1, -0.05) is 256 Å². The zero-order valence-electron chi connectivity index (χ0n) is 42.8. The van der Waals surface area contributed by atoms with Crippen molar-refractivity contribution >= 4 is 5.91 Å². The lowest BCUT2D eigenvalue weighted by Gasteiger charge is -2.40. The van der Waals surface area contributed by atoms with E-state index < -0.39 is 61.5 Å². The van der Waals surface area contributed by atoms with E-state index >= 15 is 0 Å². The summed E-state index contributed by atoms with van der Waals surface area (Å²) in [5.74, 6) is -0.621. The number of aliphatic hydroxyl groups is 6. The zero-order valence-corrected chi connectivity index (χ0v) is 42.8. The van der Waals surface area contributed by atoms with E-state index in [-0.39, 0.29) is 6.61 Å². The van der Waals surface area contributed by atoms with E-state index in [1.165, 1.54) is 199 Å². The smallest absolute Gasteiger partial charge is 0.249 e. The number of nitrogens with one attached hydrogen (secondary N) is 1. The maximum Gasteiger partial charge on any atom is 0.249 e. The van der Waals surface area contributed by atoms with E-state index in [1.54, 1.807) is 6.08 Å². The van der Waals surface area contributed by atoms with Crippen LogP contribution >= 0.6 is 0 Å². The molecule has 1 fully saturated rings. The zero-order chi connectivity index (χ0) is 48.1. The second kappa shape index (κ2) is 46.0. The molecule has 7 N–H and O–H groups in total. The van der Waals surface area contributed by atoms with Gasteiger partial charge in [0.1, 0.15) is 30.5 Å². The summed E-state index contributed by atoms with van der Waals surface area (Å²) in [6, 6.07) is -0.994. The van der Waals surface area contributed by atoms with Crippen LogP contribution in [0.25, 0.3) is 0 Å². The van der Waals surface area contributed by atoms with Crippen molar-refractivity contribution in [3.05, 3.63) is 24.3 Å². The van der Waals surface area contributed by atoms with Crippen LogP contribution in [-0.4, -0.2) is 98.7 Å². The van der Waals surface area contributed by atoms with Crippen LogP contribution < -0.4 is 5.32 Å². The van der Waals surface area contributed by atoms with Crippen molar-refractivity contribution in [2.75, 3.05) is 13.2 Å². The molecule has 0 bridgehead atoms. The van der Waals surface area contributed by atoms with Crippen LogP contribution in [0.15, 0.2) is 24.3 Å². The summed E-state index contributed by atoms with van der Waals surface area (Å²) < 4.78 is 11.2. The molecular formula is C56H107NO9. The lowest BCUT2D eigenvalue weighted by molar-refractivity contribution is -0.302. The van der Waals surface area contributed by atoms with Gasteiger partial charge in [-0.05, 0) is 32.1 Å². The molecule has 1 saturated heterocycles. The highest BCUT2D eigenvalue weighted by Crippen LogP contribution is 2.23. The molecule has 10 heteroatoms. The predicted molar refractivity (Wildman–Crippen MR) is 273 cm³/mol. The van der Waals surface area contributed by atoms with Gasteiger partial charge < -0.3 is 45.4 Å². The number of unbranched alkanes of at least 4 members (excludes halogenated alkanes) is 35. The summed E-state index contributed by atoms with van der Waals surface area (Å²) in [4.78, 5) is 13.1. The highest BCUT2D eigenvalue weighted by molar-refractivity contribution is 5.80. The number of carbonyl (C=O) groups excluding carboxylic acids is 1. The van der Waals surface area contributed by atoms with E-state index in [9.17, 15) is 35.4 Å². The third-order valence-electron chi connectivity index (χ3n) is 13.6.